The van der Waals surface area contributed by atoms with E-state index in [1.165, 1.54) is 5.69 Å². The number of hydrogen-bond acceptors (Lipinski definition) is 5. The SMILES string of the molecule is COc1ccc(-c2ccc(C(=O)NCc3ccc(N4CCN(C)CC4)cc3)c3occc23)c(C)c1. The molecule has 6 nitrogen and oxygen atoms in total. The van der Waals surface area contributed by atoms with Crippen LogP contribution < -0.4 is 15.0 Å². The molecule has 1 aromatic heterocycles. The molecule has 1 aliphatic rings. The van der Waals surface area contributed by atoms with E-state index in [9.17, 15) is 4.79 Å². The summed E-state index contributed by atoms with van der Waals surface area (Å²) in [5.41, 5.74) is 6.65. The number of aryl methyl sites for hydroxylation is 1. The second kappa shape index (κ2) is 9.84. The van der Waals surface area contributed by atoms with Gasteiger partial charge in [-0.1, -0.05) is 24.3 Å². The number of piperazine rings is 1. The van der Waals surface area contributed by atoms with E-state index in [1.54, 1.807) is 13.4 Å². The fraction of sp³-hybridized carbons (Fsp3) is 0.276. The van der Waals surface area contributed by atoms with Crippen molar-refractivity contribution in [3.8, 4) is 16.9 Å². The van der Waals surface area contributed by atoms with Crippen LogP contribution in [0.2, 0.25) is 0 Å². The van der Waals surface area contributed by atoms with Crippen LogP contribution in [-0.2, 0) is 6.54 Å². The molecule has 0 radical (unpaired) electrons. The lowest BCUT2D eigenvalue weighted by molar-refractivity contribution is 0.0951. The van der Waals surface area contributed by atoms with E-state index in [4.69, 9.17) is 9.15 Å². The lowest BCUT2D eigenvalue weighted by Crippen LogP contribution is -2.44. The van der Waals surface area contributed by atoms with Crippen LogP contribution >= 0.6 is 0 Å². The summed E-state index contributed by atoms with van der Waals surface area (Å²) in [6.45, 7) is 6.75. The highest BCUT2D eigenvalue weighted by atomic mass is 16.5. The molecule has 0 saturated carbocycles. The van der Waals surface area contributed by atoms with Gasteiger partial charge in [0, 0.05) is 43.8 Å². The molecule has 6 heteroatoms. The molecular formula is C29H31N3O3. The van der Waals surface area contributed by atoms with Crippen molar-refractivity contribution in [1.82, 2.24) is 10.2 Å². The molecule has 0 unspecified atom stereocenters. The first-order chi connectivity index (χ1) is 17.0. The zero-order valence-electron chi connectivity index (χ0n) is 20.5. The van der Waals surface area contributed by atoms with Gasteiger partial charge in [-0.05, 0) is 72.6 Å². The topological polar surface area (TPSA) is 58.0 Å². The Morgan fingerprint density at radius 3 is 2.43 bits per heavy atom. The molecule has 35 heavy (non-hydrogen) atoms. The summed E-state index contributed by atoms with van der Waals surface area (Å²) < 4.78 is 11.1. The molecule has 5 rings (SSSR count). The van der Waals surface area contributed by atoms with Crippen molar-refractivity contribution in [2.24, 2.45) is 0 Å². The lowest BCUT2D eigenvalue weighted by Gasteiger charge is -2.34. The highest BCUT2D eigenvalue weighted by Gasteiger charge is 2.18. The van der Waals surface area contributed by atoms with Crippen LogP contribution in [0.1, 0.15) is 21.5 Å². The van der Waals surface area contributed by atoms with Crippen molar-refractivity contribution >= 4 is 22.6 Å². The molecule has 3 aromatic carbocycles. The number of likely N-dealkylation sites (N-methyl/N-ethyl adjacent to an activating group) is 1. The first kappa shape index (κ1) is 23.0. The summed E-state index contributed by atoms with van der Waals surface area (Å²) in [5.74, 6) is 0.674. The van der Waals surface area contributed by atoms with Crippen LogP contribution in [0.5, 0.6) is 5.75 Å². The van der Waals surface area contributed by atoms with Gasteiger partial charge in [-0.2, -0.15) is 0 Å². The third kappa shape index (κ3) is 4.75. The molecule has 1 aliphatic heterocycles. The second-order valence-corrected chi connectivity index (χ2v) is 9.14. The summed E-state index contributed by atoms with van der Waals surface area (Å²) in [6.07, 6.45) is 1.64. The number of nitrogens with zero attached hydrogens (tertiary/aromatic N) is 2. The first-order valence-corrected chi connectivity index (χ1v) is 12.0. The molecule has 0 aliphatic carbocycles. The second-order valence-electron chi connectivity index (χ2n) is 9.14. The summed E-state index contributed by atoms with van der Waals surface area (Å²) in [6, 6.07) is 20.2. The van der Waals surface area contributed by atoms with Crippen LogP contribution in [0.4, 0.5) is 5.69 Å². The standard InChI is InChI=1S/C29H31N3O3/c1-20-18-23(34-3)8-9-24(20)25-10-11-27(28-26(25)12-17-35-28)29(33)30-19-21-4-6-22(7-5-21)32-15-13-31(2)14-16-32/h4-12,17-18H,13-16,19H2,1-3H3,(H,30,33). The van der Waals surface area contributed by atoms with E-state index in [0.29, 0.717) is 17.7 Å². The van der Waals surface area contributed by atoms with Gasteiger partial charge >= 0.3 is 0 Å². The van der Waals surface area contributed by atoms with Crippen molar-refractivity contribution in [2.45, 2.75) is 13.5 Å². The normalized spacial score (nSPS) is 14.3. The molecule has 2 heterocycles. The Balaban J connectivity index is 1.30. The molecule has 1 fully saturated rings. The molecule has 1 saturated heterocycles. The van der Waals surface area contributed by atoms with E-state index in [2.05, 4.69) is 53.4 Å². The fourth-order valence-electron chi connectivity index (χ4n) is 4.71. The Kier molecular flexibility index (Phi) is 6.47. The Hall–Kier alpha value is -3.77. The van der Waals surface area contributed by atoms with Crippen molar-refractivity contribution in [2.75, 3.05) is 45.2 Å². The summed E-state index contributed by atoms with van der Waals surface area (Å²) in [5, 5.41) is 3.97. The van der Waals surface area contributed by atoms with Crippen LogP contribution in [0.3, 0.4) is 0 Å². The molecule has 0 spiro atoms. The number of fused-ring (bicyclic) bond motifs is 1. The number of hydrogen-bond donors (Lipinski definition) is 1. The Morgan fingerprint density at radius 2 is 1.71 bits per heavy atom. The fourth-order valence-corrected chi connectivity index (χ4v) is 4.71. The van der Waals surface area contributed by atoms with Crippen LogP contribution in [0.25, 0.3) is 22.1 Å². The van der Waals surface area contributed by atoms with Crippen LogP contribution in [0.15, 0.2) is 71.3 Å². The van der Waals surface area contributed by atoms with Gasteiger partial charge in [0.15, 0.2) is 0 Å². The van der Waals surface area contributed by atoms with Gasteiger partial charge in [-0.3, -0.25) is 4.79 Å². The quantitative estimate of drug-likeness (QED) is 0.426. The van der Waals surface area contributed by atoms with Gasteiger partial charge < -0.3 is 24.3 Å². The van der Waals surface area contributed by atoms with Crippen molar-refractivity contribution in [3.05, 3.63) is 83.6 Å². The van der Waals surface area contributed by atoms with Crippen molar-refractivity contribution in [3.63, 3.8) is 0 Å². The summed E-state index contributed by atoms with van der Waals surface area (Å²) in [7, 11) is 3.82. The van der Waals surface area contributed by atoms with Crippen LogP contribution in [-0.4, -0.2) is 51.1 Å². The number of carbonyl (C=O) groups excluding carboxylic acids is 1. The Bertz CT molecular complexity index is 1340. The minimum absolute atomic E-state index is 0.147. The average Bonchev–Trinajstić information content (AvgIpc) is 3.38. The van der Waals surface area contributed by atoms with Gasteiger partial charge in [0.25, 0.3) is 5.91 Å². The third-order valence-corrected chi connectivity index (χ3v) is 6.84. The lowest BCUT2D eigenvalue weighted by atomic mass is 9.95. The first-order valence-electron chi connectivity index (χ1n) is 12.0. The smallest absolute Gasteiger partial charge is 0.255 e. The molecule has 1 amide bonds. The maximum Gasteiger partial charge on any atom is 0.255 e. The summed E-state index contributed by atoms with van der Waals surface area (Å²) >= 11 is 0. The van der Waals surface area contributed by atoms with E-state index in [-0.39, 0.29) is 5.91 Å². The number of nitrogens with one attached hydrogen (secondary N) is 1. The highest BCUT2D eigenvalue weighted by Crippen LogP contribution is 2.35. The van der Waals surface area contributed by atoms with Crippen molar-refractivity contribution < 1.29 is 13.9 Å². The molecule has 0 atom stereocenters. The molecular weight excluding hydrogens is 438 g/mol. The predicted octanol–water partition coefficient (Wildman–Crippen LogP) is 5.10. The number of anilines is 1. The third-order valence-electron chi connectivity index (χ3n) is 6.84. The van der Waals surface area contributed by atoms with E-state index in [1.807, 2.05) is 36.4 Å². The number of amides is 1. The monoisotopic (exact) mass is 469 g/mol. The van der Waals surface area contributed by atoms with Gasteiger partial charge in [-0.15, -0.1) is 0 Å². The van der Waals surface area contributed by atoms with Gasteiger partial charge in [0.2, 0.25) is 0 Å². The van der Waals surface area contributed by atoms with Crippen LogP contribution in [0, 0.1) is 6.92 Å². The number of carbonyl (C=O) groups is 1. The van der Waals surface area contributed by atoms with E-state index < -0.39 is 0 Å². The Morgan fingerprint density at radius 1 is 0.971 bits per heavy atom. The largest absolute Gasteiger partial charge is 0.497 e. The molecule has 1 N–H and O–H groups in total. The number of methoxy groups -OCH3 is 1. The number of rotatable bonds is 6. The number of furan rings is 1. The minimum Gasteiger partial charge on any atom is -0.497 e. The molecule has 0 bridgehead atoms. The van der Waals surface area contributed by atoms with Gasteiger partial charge in [0.05, 0.1) is 18.9 Å². The Labute approximate surface area is 206 Å². The van der Waals surface area contributed by atoms with Crippen molar-refractivity contribution in [1.29, 1.82) is 0 Å². The summed E-state index contributed by atoms with van der Waals surface area (Å²) in [4.78, 5) is 17.8. The highest BCUT2D eigenvalue weighted by molar-refractivity contribution is 6.09. The molecule has 180 valence electrons. The van der Waals surface area contributed by atoms with Gasteiger partial charge in [-0.25, -0.2) is 0 Å². The van der Waals surface area contributed by atoms with E-state index >= 15 is 0 Å². The van der Waals surface area contributed by atoms with Gasteiger partial charge in [0.1, 0.15) is 11.3 Å². The molecule has 4 aromatic rings. The minimum atomic E-state index is -0.147. The zero-order chi connectivity index (χ0) is 24.4. The predicted molar refractivity (Wildman–Crippen MR) is 140 cm³/mol. The van der Waals surface area contributed by atoms with E-state index in [0.717, 1.165) is 59.6 Å². The zero-order valence-corrected chi connectivity index (χ0v) is 20.5. The maximum absolute atomic E-state index is 13.1. The number of benzene rings is 3. The maximum atomic E-state index is 13.1. The number of ether oxygens (including phenoxy) is 1. The average molecular weight is 470 g/mol.